The summed E-state index contributed by atoms with van der Waals surface area (Å²) < 4.78 is 54.0. The summed E-state index contributed by atoms with van der Waals surface area (Å²) in [6, 6.07) is 15.1. The van der Waals surface area contributed by atoms with Crippen LogP contribution in [-0.4, -0.2) is 38.7 Å². The van der Waals surface area contributed by atoms with Crippen molar-refractivity contribution in [1.82, 2.24) is 10.2 Å². The first-order valence-corrected chi connectivity index (χ1v) is 14.0. The van der Waals surface area contributed by atoms with Crippen molar-refractivity contribution in [3.05, 3.63) is 65.7 Å². The fourth-order valence-electron chi connectivity index (χ4n) is 2.76. The van der Waals surface area contributed by atoms with Gasteiger partial charge in [-0.15, -0.1) is 10.2 Å². The molecule has 0 aliphatic heterocycles. The highest BCUT2D eigenvalue weighted by Gasteiger charge is 2.23. The SMILES string of the molecule is CC(C)CS(=O)(=O)c1nnc(NC(=O)C(C#N)=Cc2ccc(OS(=O)(=O)c3ccccc3)cc2)s1. The third kappa shape index (κ3) is 6.95. The largest absolute Gasteiger partial charge is 0.379 e. The molecule has 10 nitrogen and oxygen atoms in total. The molecule has 2 aromatic carbocycles. The van der Waals surface area contributed by atoms with E-state index in [0.717, 1.165) is 0 Å². The van der Waals surface area contributed by atoms with Crippen molar-refractivity contribution in [3.63, 3.8) is 0 Å². The molecule has 0 atom stereocenters. The van der Waals surface area contributed by atoms with Crippen LogP contribution in [0, 0.1) is 17.2 Å². The maximum Gasteiger partial charge on any atom is 0.339 e. The monoisotopic (exact) mass is 532 g/mol. The van der Waals surface area contributed by atoms with E-state index in [0.29, 0.717) is 16.9 Å². The van der Waals surface area contributed by atoms with Gasteiger partial charge in [-0.05, 0) is 41.8 Å². The molecule has 1 aromatic heterocycles. The van der Waals surface area contributed by atoms with Crippen molar-refractivity contribution in [2.75, 3.05) is 11.1 Å². The van der Waals surface area contributed by atoms with Crippen LogP contribution in [0.2, 0.25) is 0 Å². The average Bonchev–Trinajstić information content (AvgIpc) is 3.27. The number of amides is 1. The molecule has 1 heterocycles. The summed E-state index contributed by atoms with van der Waals surface area (Å²) in [5, 5.41) is 19.0. The van der Waals surface area contributed by atoms with E-state index in [1.54, 1.807) is 38.1 Å². The van der Waals surface area contributed by atoms with Crippen molar-refractivity contribution in [3.8, 4) is 11.8 Å². The van der Waals surface area contributed by atoms with Gasteiger partial charge in [0.1, 0.15) is 22.3 Å². The Kier molecular flexibility index (Phi) is 8.00. The second-order valence-electron chi connectivity index (χ2n) is 7.59. The lowest BCUT2D eigenvalue weighted by molar-refractivity contribution is -0.112. The molecule has 1 amide bonds. The molecule has 0 aliphatic carbocycles. The molecule has 0 saturated heterocycles. The quantitative estimate of drug-likeness (QED) is 0.189. The molecule has 0 aliphatic rings. The van der Waals surface area contributed by atoms with Crippen LogP contribution in [0.15, 0.2) is 69.4 Å². The maximum absolute atomic E-state index is 12.5. The van der Waals surface area contributed by atoms with Crippen LogP contribution < -0.4 is 9.50 Å². The average molecular weight is 533 g/mol. The van der Waals surface area contributed by atoms with Crippen LogP contribution in [0.25, 0.3) is 6.08 Å². The van der Waals surface area contributed by atoms with Gasteiger partial charge in [0.15, 0.2) is 0 Å². The first-order chi connectivity index (χ1) is 16.5. The third-order valence-electron chi connectivity index (χ3n) is 4.24. The van der Waals surface area contributed by atoms with Crippen molar-refractivity contribution in [2.45, 2.75) is 23.1 Å². The zero-order valence-corrected chi connectivity index (χ0v) is 21.0. The Bertz CT molecular complexity index is 1490. The summed E-state index contributed by atoms with van der Waals surface area (Å²) in [6.07, 6.45) is 1.28. The fourth-order valence-corrected chi connectivity index (χ4v) is 6.32. The summed E-state index contributed by atoms with van der Waals surface area (Å²) >= 11 is 0.698. The Morgan fingerprint density at radius 1 is 1.09 bits per heavy atom. The number of sulfone groups is 1. The number of rotatable bonds is 9. The van der Waals surface area contributed by atoms with Gasteiger partial charge in [0, 0.05) is 0 Å². The molecule has 1 N–H and O–H groups in total. The highest BCUT2D eigenvalue weighted by molar-refractivity contribution is 7.93. The van der Waals surface area contributed by atoms with E-state index >= 15 is 0 Å². The summed E-state index contributed by atoms with van der Waals surface area (Å²) in [4.78, 5) is 12.5. The van der Waals surface area contributed by atoms with Gasteiger partial charge in [-0.2, -0.15) is 13.7 Å². The minimum atomic E-state index is -4.00. The summed E-state index contributed by atoms with van der Waals surface area (Å²) in [5.41, 5.74) is 0.149. The Labute approximate surface area is 207 Å². The lowest BCUT2D eigenvalue weighted by atomic mass is 10.1. The van der Waals surface area contributed by atoms with E-state index in [1.165, 1.54) is 42.5 Å². The molecule has 0 bridgehead atoms. The maximum atomic E-state index is 12.5. The zero-order valence-electron chi connectivity index (χ0n) is 18.6. The van der Waals surface area contributed by atoms with E-state index in [9.17, 15) is 26.9 Å². The molecule has 3 aromatic rings. The number of carbonyl (C=O) groups is 1. The molecule has 182 valence electrons. The number of aromatic nitrogens is 2. The lowest BCUT2D eigenvalue weighted by Crippen LogP contribution is -2.13. The van der Waals surface area contributed by atoms with Crippen LogP contribution in [-0.2, 0) is 24.7 Å². The highest BCUT2D eigenvalue weighted by atomic mass is 32.2. The van der Waals surface area contributed by atoms with Crippen LogP contribution in [0.3, 0.4) is 0 Å². The number of carbonyl (C=O) groups excluding carboxylic acids is 1. The first-order valence-electron chi connectivity index (χ1n) is 10.1. The molecule has 0 unspecified atom stereocenters. The molecule has 3 rings (SSSR count). The molecule has 35 heavy (non-hydrogen) atoms. The predicted molar refractivity (Wildman–Crippen MR) is 130 cm³/mol. The Morgan fingerprint density at radius 3 is 2.34 bits per heavy atom. The van der Waals surface area contributed by atoms with Crippen molar-refractivity contribution < 1.29 is 25.8 Å². The first kappa shape index (κ1) is 26.0. The van der Waals surface area contributed by atoms with E-state index in [1.807, 2.05) is 0 Å². The third-order valence-corrected chi connectivity index (χ3v) is 8.87. The Balaban J connectivity index is 1.71. The minimum absolute atomic E-state index is 0.00394. The second-order valence-corrected chi connectivity index (χ2v) is 12.3. The van der Waals surface area contributed by atoms with Gasteiger partial charge in [-0.3, -0.25) is 10.1 Å². The molecule has 0 fully saturated rings. The van der Waals surface area contributed by atoms with Crippen LogP contribution in [0.5, 0.6) is 5.75 Å². The number of anilines is 1. The van der Waals surface area contributed by atoms with Gasteiger partial charge in [-0.25, -0.2) is 8.42 Å². The number of nitrogens with one attached hydrogen (secondary N) is 1. The van der Waals surface area contributed by atoms with E-state index < -0.39 is 25.9 Å². The molecule has 0 spiro atoms. The predicted octanol–water partition coefficient (Wildman–Crippen LogP) is 3.28. The number of benzene rings is 2. The van der Waals surface area contributed by atoms with E-state index in [-0.39, 0.29) is 37.4 Å². The van der Waals surface area contributed by atoms with Gasteiger partial charge in [-0.1, -0.05) is 55.5 Å². The summed E-state index contributed by atoms with van der Waals surface area (Å²) in [7, 11) is -7.63. The summed E-state index contributed by atoms with van der Waals surface area (Å²) in [5.74, 6) is -0.961. The fraction of sp³-hybridized carbons (Fsp3) is 0.182. The number of nitriles is 1. The van der Waals surface area contributed by atoms with Crippen molar-refractivity contribution in [1.29, 1.82) is 5.26 Å². The molecular formula is C22H20N4O6S3. The topological polar surface area (TPSA) is 156 Å². The molecule has 13 heteroatoms. The molecule has 0 saturated carbocycles. The molecule has 0 radical (unpaired) electrons. The highest BCUT2D eigenvalue weighted by Crippen LogP contribution is 2.24. The summed E-state index contributed by atoms with van der Waals surface area (Å²) in [6.45, 7) is 3.51. The number of hydrogen-bond acceptors (Lipinski definition) is 10. The van der Waals surface area contributed by atoms with E-state index in [4.69, 9.17) is 4.18 Å². The van der Waals surface area contributed by atoms with Gasteiger partial charge >= 0.3 is 10.1 Å². The minimum Gasteiger partial charge on any atom is -0.379 e. The Morgan fingerprint density at radius 2 is 1.74 bits per heavy atom. The van der Waals surface area contributed by atoms with Gasteiger partial charge in [0.25, 0.3) is 5.91 Å². The van der Waals surface area contributed by atoms with Gasteiger partial charge in [0.2, 0.25) is 19.3 Å². The number of hydrogen-bond donors (Lipinski definition) is 1. The van der Waals surface area contributed by atoms with Crippen LogP contribution >= 0.6 is 11.3 Å². The normalized spacial score (nSPS) is 12.2. The van der Waals surface area contributed by atoms with Crippen molar-refractivity contribution in [2.24, 2.45) is 5.92 Å². The van der Waals surface area contributed by atoms with Crippen LogP contribution in [0.4, 0.5) is 5.13 Å². The standard InChI is InChI=1S/C22H20N4O6S3/c1-15(2)14-34(28,29)22-26-25-21(33-22)24-20(27)17(13-23)12-16-8-10-18(11-9-16)32-35(30,31)19-6-4-3-5-7-19/h3-12,15H,14H2,1-2H3,(H,24,25,27). The second kappa shape index (κ2) is 10.8. The van der Waals surface area contributed by atoms with Crippen molar-refractivity contribution >= 4 is 48.4 Å². The van der Waals surface area contributed by atoms with Crippen LogP contribution in [0.1, 0.15) is 19.4 Å². The lowest BCUT2D eigenvalue weighted by Gasteiger charge is -2.07. The van der Waals surface area contributed by atoms with Gasteiger partial charge in [0.05, 0.1) is 5.75 Å². The number of nitrogens with zero attached hydrogens (tertiary/aromatic N) is 3. The van der Waals surface area contributed by atoms with E-state index in [2.05, 4.69) is 15.5 Å². The zero-order chi connectivity index (χ0) is 25.6. The van der Waals surface area contributed by atoms with Gasteiger partial charge < -0.3 is 4.18 Å². The smallest absolute Gasteiger partial charge is 0.339 e. The Hall–Kier alpha value is -3.60. The molecular weight excluding hydrogens is 512 g/mol.